The first-order chi connectivity index (χ1) is 9.00. The smallest absolute Gasteiger partial charge is 0.323 e. The Morgan fingerprint density at radius 2 is 2.26 bits per heavy atom. The van der Waals surface area contributed by atoms with Gasteiger partial charge in [-0.2, -0.15) is 0 Å². The molecule has 0 saturated carbocycles. The summed E-state index contributed by atoms with van der Waals surface area (Å²) in [5.74, 6) is -1.54. The van der Waals surface area contributed by atoms with Gasteiger partial charge in [-0.1, -0.05) is 0 Å². The predicted molar refractivity (Wildman–Crippen MR) is 65.6 cm³/mol. The van der Waals surface area contributed by atoms with Crippen LogP contribution in [-0.4, -0.2) is 51.5 Å². The number of aromatic nitrogens is 1. The first-order valence-electron chi connectivity index (χ1n) is 5.96. The van der Waals surface area contributed by atoms with Crippen molar-refractivity contribution in [1.82, 2.24) is 14.8 Å². The number of nitrogens with one attached hydrogen (secondary N) is 1. The summed E-state index contributed by atoms with van der Waals surface area (Å²) < 4.78 is 1.36. The minimum atomic E-state index is -1.02. The standard InChI is InChI=1S/C12H15N3O4/c1-8-11(18)13-4-6-15(8)12(19)9-3-2-5-14(9)7-10(16)17/h2-3,5,8H,4,6-7H2,1H3,(H,13,18)(H,16,17). The van der Waals surface area contributed by atoms with E-state index in [9.17, 15) is 14.4 Å². The van der Waals surface area contributed by atoms with Crippen molar-refractivity contribution < 1.29 is 19.5 Å². The van der Waals surface area contributed by atoms with Gasteiger partial charge in [-0.25, -0.2) is 0 Å². The van der Waals surface area contributed by atoms with Crippen LogP contribution in [0.3, 0.4) is 0 Å². The Kier molecular flexibility index (Phi) is 3.55. The van der Waals surface area contributed by atoms with E-state index in [0.717, 1.165) is 0 Å². The molecule has 1 saturated heterocycles. The Labute approximate surface area is 109 Å². The second-order valence-electron chi connectivity index (χ2n) is 4.38. The van der Waals surface area contributed by atoms with Gasteiger partial charge in [-0.15, -0.1) is 0 Å². The molecule has 0 bridgehead atoms. The monoisotopic (exact) mass is 265 g/mol. The van der Waals surface area contributed by atoms with E-state index >= 15 is 0 Å². The maximum atomic E-state index is 12.4. The van der Waals surface area contributed by atoms with Crippen molar-refractivity contribution in [2.45, 2.75) is 19.5 Å². The second-order valence-corrected chi connectivity index (χ2v) is 4.38. The molecule has 0 radical (unpaired) electrons. The number of carboxylic acid groups (broad SMARTS) is 1. The van der Waals surface area contributed by atoms with Gasteiger partial charge < -0.3 is 19.9 Å². The van der Waals surface area contributed by atoms with Crippen LogP contribution in [0, 0.1) is 0 Å². The summed E-state index contributed by atoms with van der Waals surface area (Å²) in [7, 11) is 0. The number of carbonyl (C=O) groups excluding carboxylic acids is 2. The molecule has 0 aliphatic carbocycles. The molecule has 1 atom stereocenters. The van der Waals surface area contributed by atoms with Crippen molar-refractivity contribution in [3.63, 3.8) is 0 Å². The summed E-state index contributed by atoms with van der Waals surface area (Å²) in [5, 5.41) is 11.5. The van der Waals surface area contributed by atoms with Gasteiger partial charge in [0, 0.05) is 19.3 Å². The molecule has 2 amide bonds. The second kappa shape index (κ2) is 5.13. The molecule has 2 heterocycles. The number of nitrogens with zero attached hydrogens (tertiary/aromatic N) is 2. The van der Waals surface area contributed by atoms with Crippen molar-refractivity contribution in [3.05, 3.63) is 24.0 Å². The molecule has 1 unspecified atom stereocenters. The van der Waals surface area contributed by atoms with E-state index in [4.69, 9.17) is 5.11 Å². The Balaban J connectivity index is 2.21. The predicted octanol–water partition coefficient (Wildman–Crippen LogP) is -0.467. The van der Waals surface area contributed by atoms with Crippen LogP contribution >= 0.6 is 0 Å². The van der Waals surface area contributed by atoms with Crippen LogP contribution in [-0.2, 0) is 16.1 Å². The van der Waals surface area contributed by atoms with E-state index in [0.29, 0.717) is 13.1 Å². The highest BCUT2D eigenvalue weighted by atomic mass is 16.4. The van der Waals surface area contributed by atoms with Gasteiger partial charge in [0.1, 0.15) is 18.3 Å². The molecule has 7 heteroatoms. The third-order valence-corrected chi connectivity index (χ3v) is 3.11. The Morgan fingerprint density at radius 3 is 2.95 bits per heavy atom. The molecule has 0 aromatic carbocycles. The number of rotatable bonds is 3. The highest BCUT2D eigenvalue weighted by Gasteiger charge is 2.31. The van der Waals surface area contributed by atoms with Crippen molar-refractivity contribution in [2.75, 3.05) is 13.1 Å². The molecule has 2 rings (SSSR count). The van der Waals surface area contributed by atoms with Crippen molar-refractivity contribution in [2.24, 2.45) is 0 Å². The number of hydrogen-bond donors (Lipinski definition) is 2. The number of hydrogen-bond acceptors (Lipinski definition) is 3. The molecule has 102 valence electrons. The van der Waals surface area contributed by atoms with E-state index in [1.807, 2.05) is 0 Å². The molecule has 0 spiro atoms. The summed E-state index contributed by atoms with van der Waals surface area (Å²) >= 11 is 0. The van der Waals surface area contributed by atoms with Gasteiger partial charge in [0.25, 0.3) is 5.91 Å². The largest absolute Gasteiger partial charge is 0.480 e. The lowest BCUT2D eigenvalue weighted by Crippen LogP contribution is -2.56. The average Bonchev–Trinajstić information content (AvgIpc) is 2.79. The van der Waals surface area contributed by atoms with Crippen molar-refractivity contribution in [3.8, 4) is 0 Å². The Morgan fingerprint density at radius 1 is 1.53 bits per heavy atom. The maximum absolute atomic E-state index is 12.4. The lowest BCUT2D eigenvalue weighted by Gasteiger charge is -2.32. The van der Waals surface area contributed by atoms with Crippen LogP contribution in [0.4, 0.5) is 0 Å². The maximum Gasteiger partial charge on any atom is 0.323 e. The molecule has 1 aromatic heterocycles. The zero-order valence-corrected chi connectivity index (χ0v) is 10.5. The van der Waals surface area contributed by atoms with Crippen LogP contribution in [0.2, 0.25) is 0 Å². The molecular formula is C12H15N3O4. The summed E-state index contributed by atoms with van der Waals surface area (Å²) in [5.41, 5.74) is 0.281. The molecule has 2 N–H and O–H groups in total. The fraction of sp³-hybridized carbons (Fsp3) is 0.417. The lowest BCUT2D eigenvalue weighted by molar-refractivity contribution is -0.137. The van der Waals surface area contributed by atoms with E-state index < -0.39 is 12.0 Å². The molecule has 1 aliphatic heterocycles. The van der Waals surface area contributed by atoms with Gasteiger partial charge in [-0.05, 0) is 19.1 Å². The van der Waals surface area contributed by atoms with Crippen LogP contribution in [0.25, 0.3) is 0 Å². The van der Waals surface area contributed by atoms with Crippen LogP contribution in [0.1, 0.15) is 17.4 Å². The molecule has 1 fully saturated rings. The number of amides is 2. The number of carboxylic acids is 1. The lowest BCUT2D eigenvalue weighted by atomic mass is 10.2. The van der Waals surface area contributed by atoms with E-state index in [-0.39, 0.29) is 24.1 Å². The van der Waals surface area contributed by atoms with Gasteiger partial charge >= 0.3 is 5.97 Å². The Bertz CT molecular complexity index is 523. The number of carbonyl (C=O) groups is 3. The van der Waals surface area contributed by atoms with E-state index in [1.165, 1.54) is 15.7 Å². The topological polar surface area (TPSA) is 91.6 Å². The van der Waals surface area contributed by atoms with Crippen LogP contribution in [0.5, 0.6) is 0 Å². The number of piperazine rings is 1. The molecular weight excluding hydrogens is 250 g/mol. The van der Waals surface area contributed by atoms with Crippen LogP contribution in [0.15, 0.2) is 18.3 Å². The highest BCUT2D eigenvalue weighted by Crippen LogP contribution is 2.12. The van der Waals surface area contributed by atoms with Crippen molar-refractivity contribution >= 4 is 17.8 Å². The highest BCUT2D eigenvalue weighted by molar-refractivity contribution is 5.97. The normalized spacial score (nSPS) is 19.1. The molecule has 1 aliphatic rings. The fourth-order valence-corrected chi connectivity index (χ4v) is 2.10. The quantitative estimate of drug-likeness (QED) is 0.773. The third-order valence-electron chi connectivity index (χ3n) is 3.11. The summed E-state index contributed by atoms with van der Waals surface area (Å²) in [6, 6.07) is 2.63. The fourth-order valence-electron chi connectivity index (χ4n) is 2.10. The zero-order valence-electron chi connectivity index (χ0n) is 10.5. The van der Waals surface area contributed by atoms with Gasteiger partial charge in [0.05, 0.1) is 0 Å². The molecule has 1 aromatic rings. The first-order valence-corrected chi connectivity index (χ1v) is 5.96. The Hall–Kier alpha value is -2.31. The van der Waals surface area contributed by atoms with Crippen molar-refractivity contribution in [1.29, 1.82) is 0 Å². The molecule has 19 heavy (non-hydrogen) atoms. The summed E-state index contributed by atoms with van der Waals surface area (Å²) in [6.07, 6.45) is 1.54. The van der Waals surface area contributed by atoms with Gasteiger partial charge in [0.2, 0.25) is 5.91 Å². The summed E-state index contributed by atoms with van der Waals surface area (Å²) in [6.45, 7) is 2.21. The first kappa shape index (κ1) is 13.1. The van der Waals surface area contributed by atoms with Gasteiger partial charge in [-0.3, -0.25) is 14.4 Å². The van der Waals surface area contributed by atoms with E-state index in [1.54, 1.807) is 19.1 Å². The van der Waals surface area contributed by atoms with Crippen LogP contribution < -0.4 is 5.32 Å². The SMILES string of the molecule is CC1C(=O)NCCN1C(=O)c1cccn1CC(=O)O. The van der Waals surface area contributed by atoms with Gasteiger partial charge in [0.15, 0.2) is 0 Å². The molecule has 7 nitrogen and oxygen atoms in total. The minimum Gasteiger partial charge on any atom is -0.480 e. The van der Waals surface area contributed by atoms with E-state index in [2.05, 4.69) is 5.32 Å². The average molecular weight is 265 g/mol. The summed E-state index contributed by atoms with van der Waals surface area (Å²) in [4.78, 5) is 36.1. The zero-order chi connectivity index (χ0) is 14.0. The number of aliphatic carboxylic acids is 1. The third kappa shape index (κ3) is 2.59. The minimum absolute atomic E-state index is 0.198.